The van der Waals surface area contributed by atoms with Gasteiger partial charge in [0.2, 0.25) is 5.75 Å². The number of unbranched alkanes of at least 4 members (excludes halogenated alkanes) is 3. The summed E-state index contributed by atoms with van der Waals surface area (Å²) in [4.78, 5) is 11.3. The van der Waals surface area contributed by atoms with Gasteiger partial charge in [0.25, 0.3) is 0 Å². The van der Waals surface area contributed by atoms with E-state index >= 15 is 0 Å². The summed E-state index contributed by atoms with van der Waals surface area (Å²) in [5, 5.41) is 3.20. The predicted molar refractivity (Wildman–Crippen MR) is 251 cm³/mol. The van der Waals surface area contributed by atoms with Crippen molar-refractivity contribution in [3.63, 3.8) is 0 Å². The molecule has 0 fully saturated rings. The number of carbonyl (C=O) groups is 1. The third-order valence-electron chi connectivity index (χ3n) is 11.1. The van der Waals surface area contributed by atoms with Crippen molar-refractivity contribution in [2.45, 2.75) is 38.3 Å². The second kappa shape index (κ2) is 21.3. The number of aldehydes is 1. The molecule has 0 aliphatic heterocycles. The number of hydrogen-bond acceptors (Lipinski definition) is 9. The van der Waals surface area contributed by atoms with E-state index in [4.69, 9.17) is 49.1 Å². The van der Waals surface area contributed by atoms with Crippen molar-refractivity contribution in [1.82, 2.24) is 0 Å². The van der Waals surface area contributed by atoms with Gasteiger partial charge < -0.3 is 14.2 Å². The zero-order valence-corrected chi connectivity index (χ0v) is 38.0. The zero-order chi connectivity index (χ0) is 44.0. The minimum absolute atomic E-state index is 0.455. The molecule has 0 heterocycles. The fourth-order valence-electron chi connectivity index (χ4n) is 7.96. The monoisotopic (exact) mass is 878 g/mol. The molecule has 0 bridgehead atoms. The molecule has 0 saturated carbocycles. The Hall–Kier alpha value is -5.89. The van der Waals surface area contributed by atoms with Crippen LogP contribution in [-0.4, -0.2) is 62.2 Å². The first-order valence-corrected chi connectivity index (χ1v) is 23.9. The number of methoxy groups -OCH3 is 6. The van der Waals surface area contributed by atoms with Gasteiger partial charge in [-0.3, -0.25) is 4.79 Å². The van der Waals surface area contributed by atoms with Crippen molar-refractivity contribution in [2.75, 3.05) is 55.9 Å². The molecule has 0 radical (unpaired) electrons. The number of halogens is 1. The topological polar surface area (TPSA) is 90.9 Å². The van der Waals surface area contributed by atoms with Crippen LogP contribution in [0.5, 0.6) is 46.0 Å². The fourth-order valence-corrected chi connectivity index (χ4v) is 14.1. The van der Waals surface area contributed by atoms with Crippen molar-refractivity contribution in [3.8, 4) is 46.0 Å². The molecule has 6 aromatic rings. The first-order valence-electron chi connectivity index (χ1n) is 20.6. The minimum atomic E-state index is -3.68. The van der Waals surface area contributed by atoms with E-state index in [9.17, 15) is 4.79 Å². The van der Waals surface area contributed by atoms with Gasteiger partial charge in [-0.2, -0.15) is 0 Å². The van der Waals surface area contributed by atoms with Crippen LogP contribution < -0.4 is 53.8 Å². The van der Waals surface area contributed by atoms with E-state index in [2.05, 4.69) is 84.9 Å². The number of hydrogen-bond donors (Lipinski definition) is 0. The number of rotatable bonds is 23. The first kappa shape index (κ1) is 45.6. The quantitative estimate of drug-likeness (QED) is 0.0355. The van der Waals surface area contributed by atoms with Crippen molar-refractivity contribution >= 4 is 39.4 Å². The van der Waals surface area contributed by atoms with E-state index < -0.39 is 5.96 Å². The van der Waals surface area contributed by atoms with Gasteiger partial charge in [-0.05, 0) is 37.8 Å². The van der Waals surface area contributed by atoms with Gasteiger partial charge in [-0.25, -0.2) is 0 Å². The van der Waals surface area contributed by atoms with Gasteiger partial charge in [0.1, 0.15) is 6.29 Å². The Labute approximate surface area is 370 Å². The summed E-state index contributed by atoms with van der Waals surface area (Å²) >= 11 is 8.48. The Balaban J connectivity index is 1.18. The molecule has 0 aliphatic carbocycles. The summed E-state index contributed by atoms with van der Waals surface area (Å²) < 4.78 is 47.1. The molecule has 0 unspecified atom stereocenters. The van der Waals surface area contributed by atoms with Crippen LogP contribution in [0.2, 0.25) is 0 Å². The van der Waals surface area contributed by atoms with Crippen molar-refractivity contribution in [2.24, 2.45) is 0 Å². The molecular formula is C51H56ClO9P. The summed E-state index contributed by atoms with van der Waals surface area (Å²) in [6.07, 6.45) is 5.25. The van der Waals surface area contributed by atoms with Gasteiger partial charge >= 0.3 is 265 Å². The van der Waals surface area contributed by atoms with Gasteiger partial charge in [0.15, 0.2) is 11.5 Å². The molecule has 6 rings (SSSR count). The molecule has 0 saturated heterocycles. The zero-order valence-electron chi connectivity index (χ0n) is 36.4. The maximum atomic E-state index is 11.3. The van der Waals surface area contributed by atoms with E-state index in [0.717, 1.165) is 76.1 Å². The molecule has 0 spiro atoms. The van der Waals surface area contributed by atoms with Crippen LogP contribution in [0.1, 0.15) is 52.7 Å². The molecule has 326 valence electrons. The van der Waals surface area contributed by atoms with Crippen molar-refractivity contribution in [1.29, 1.82) is 0 Å². The van der Waals surface area contributed by atoms with E-state index in [1.807, 2.05) is 30.3 Å². The SMILES string of the molecule is COc1cc(CP(Cl)(c2ccccc2)(c2ccccc2)c2ccccc2)c(OC)cc1Cc1cc(OC)c(OCCCCCCOc2c(OC)cc(C=O)cc2OC)c(OC)c1. The van der Waals surface area contributed by atoms with Gasteiger partial charge in [0.05, 0.1) is 20.8 Å². The fraction of sp³-hybridized carbons (Fsp3) is 0.275. The Morgan fingerprint density at radius 3 is 1.23 bits per heavy atom. The first-order chi connectivity index (χ1) is 30.2. The Morgan fingerprint density at radius 2 is 0.839 bits per heavy atom. The Bertz CT molecular complexity index is 2240. The van der Waals surface area contributed by atoms with E-state index in [1.54, 1.807) is 40.6 Å². The van der Waals surface area contributed by atoms with E-state index in [-0.39, 0.29) is 0 Å². The molecule has 0 aromatic heterocycles. The van der Waals surface area contributed by atoms with Crippen LogP contribution >= 0.6 is 17.2 Å². The number of carbonyl (C=O) groups excluding carboxylic acids is 1. The van der Waals surface area contributed by atoms with Crippen LogP contribution in [0.25, 0.3) is 0 Å². The molecule has 9 nitrogen and oxygen atoms in total. The molecule has 0 amide bonds. The van der Waals surface area contributed by atoms with Crippen molar-refractivity contribution < 1.29 is 42.7 Å². The Morgan fingerprint density at radius 1 is 0.468 bits per heavy atom. The van der Waals surface area contributed by atoms with Gasteiger partial charge in [-0.15, -0.1) is 0 Å². The van der Waals surface area contributed by atoms with Crippen molar-refractivity contribution in [3.05, 3.63) is 150 Å². The van der Waals surface area contributed by atoms with E-state index in [0.29, 0.717) is 65.9 Å². The summed E-state index contributed by atoms with van der Waals surface area (Å²) in [6.45, 7) is 0.954. The number of ether oxygens (including phenoxy) is 8. The standard InChI is InChI=1S/C51H56ClO9P/c1-54-44-34-40(36-62(52,41-20-12-9-13-21-41,42-22-14-10-15-23-42)43-24-16-11-17-25-43)45(55-2)33-39(44)28-37-29-46(56-3)50(47(30-37)57-4)60-26-18-7-8-19-27-61-51-48(58-5)31-38(35-53)32-49(51)59-6/h9-17,20-25,29-35H,7-8,18-19,26-28,36H2,1-6H3. The van der Waals surface area contributed by atoms with Gasteiger partial charge in [0, 0.05) is 5.56 Å². The second-order valence-corrected chi connectivity index (χ2v) is 21.3. The normalized spacial score (nSPS) is 11.8. The van der Waals surface area contributed by atoms with Gasteiger partial charge in [-0.1, -0.05) is 0 Å². The van der Waals surface area contributed by atoms with Crippen LogP contribution in [-0.2, 0) is 12.6 Å². The maximum absolute atomic E-state index is 11.3. The summed E-state index contributed by atoms with van der Waals surface area (Å²) in [5.74, 6) is 0.864. The number of benzene rings is 6. The average molecular weight is 879 g/mol. The third-order valence-corrected chi connectivity index (χ3v) is 18.3. The van der Waals surface area contributed by atoms with Crippen LogP contribution in [0, 0.1) is 0 Å². The molecule has 0 atom stereocenters. The molecule has 0 N–H and O–H groups in total. The van der Waals surface area contributed by atoms with E-state index in [1.165, 1.54) is 14.2 Å². The summed E-state index contributed by atoms with van der Waals surface area (Å²) in [6, 6.07) is 42.6. The molecule has 0 aliphatic rings. The summed E-state index contributed by atoms with van der Waals surface area (Å²) in [7, 11) is 9.72. The molecule has 11 heteroatoms. The average Bonchev–Trinajstić information content (AvgIpc) is 3.33. The predicted octanol–water partition coefficient (Wildman–Crippen LogP) is 10.3. The molecule has 62 heavy (non-hydrogen) atoms. The molecular weight excluding hydrogens is 823 g/mol. The second-order valence-electron chi connectivity index (χ2n) is 14.8. The Kier molecular flexibility index (Phi) is 15.7. The molecule has 6 aromatic carbocycles. The summed E-state index contributed by atoms with van der Waals surface area (Å²) in [5.41, 5.74) is 3.27. The third kappa shape index (κ3) is 9.75. The van der Waals surface area contributed by atoms with Crippen LogP contribution in [0.15, 0.2) is 127 Å². The van der Waals surface area contributed by atoms with Crippen LogP contribution in [0.3, 0.4) is 0 Å². The van der Waals surface area contributed by atoms with Crippen LogP contribution in [0.4, 0.5) is 0 Å².